The molecule has 1 aliphatic heterocycles. The highest BCUT2D eigenvalue weighted by molar-refractivity contribution is 8.00. The monoisotopic (exact) mass is 562 g/mol. The molecule has 2 amide bonds. The van der Waals surface area contributed by atoms with E-state index in [1.54, 1.807) is 35.1 Å². The molecule has 2 aromatic heterocycles. The Hall–Kier alpha value is -4.56. The number of carbonyl (C=O) groups excluding carboxylic acids is 2. The van der Waals surface area contributed by atoms with E-state index < -0.39 is 0 Å². The molecule has 8 heteroatoms. The van der Waals surface area contributed by atoms with Crippen LogP contribution in [0.2, 0.25) is 0 Å². The van der Waals surface area contributed by atoms with Gasteiger partial charge < -0.3 is 9.73 Å². The molecule has 3 aromatic carbocycles. The van der Waals surface area contributed by atoms with Crippen LogP contribution in [-0.2, 0) is 16.1 Å². The molecular formula is C33H30N4O3S. The zero-order chi connectivity index (χ0) is 28.3. The number of carbonyl (C=O) groups is 2. The minimum Gasteiger partial charge on any atom is -0.467 e. The number of hydrogen-bond donors (Lipinski definition) is 1. The first-order valence-corrected chi connectivity index (χ1v) is 14.6. The highest BCUT2D eigenvalue weighted by Crippen LogP contribution is 2.48. The van der Waals surface area contributed by atoms with Crippen LogP contribution in [0.3, 0.4) is 0 Å². The van der Waals surface area contributed by atoms with E-state index in [-0.39, 0.29) is 35.9 Å². The molecule has 3 heterocycles. The number of benzene rings is 3. The number of furan rings is 1. The number of thioether (sulfide) groups is 1. The average molecular weight is 563 g/mol. The van der Waals surface area contributed by atoms with Gasteiger partial charge in [-0.15, -0.1) is 11.8 Å². The van der Waals surface area contributed by atoms with Gasteiger partial charge in [-0.25, -0.2) is 4.68 Å². The van der Waals surface area contributed by atoms with Gasteiger partial charge in [0.05, 0.1) is 35.2 Å². The summed E-state index contributed by atoms with van der Waals surface area (Å²) in [4.78, 5) is 28.7. The Kier molecular flexibility index (Phi) is 7.48. The molecule has 0 unspecified atom stereocenters. The van der Waals surface area contributed by atoms with Crippen molar-refractivity contribution in [2.45, 2.75) is 25.6 Å². The van der Waals surface area contributed by atoms with Crippen LogP contribution in [0.4, 0.5) is 5.82 Å². The summed E-state index contributed by atoms with van der Waals surface area (Å²) < 4.78 is 7.22. The van der Waals surface area contributed by atoms with E-state index >= 15 is 0 Å². The summed E-state index contributed by atoms with van der Waals surface area (Å²) in [5.41, 5.74) is 6.76. The smallest absolute Gasteiger partial charge is 0.240 e. The minimum absolute atomic E-state index is 0.139. The van der Waals surface area contributed by atoms with E-state index in [0.29, 0.717) is 11.6 Å². The SMILES string of the molecule is Cc1cccc([C@H]2SCC(=O)N(CC(=O)NCc3ccco3)c3c2c(-c2ccccc2)nn3-c2ccccc2C)c1. The maximum absolute atomic E-state index is 13.9. The van der Waals surface area contributed by atoms with Gasteiger partial charge in [0, 0.05) is 11.1 Å². The summed E-state index contributed by atoms with van der Waals surface area (Å²) in [6.45, 7) is 4.20. The molecule has 206 valence electrons. The normalized spacial score (nSPS) is 14.9. The van der Waals surface area contributed by atoms with Crippen LogP contribution in [0.15, 0.2) is 102 Å². The molecule has 7 nitrogen and oxygen atoms in total. The van der Waals surface area contributed by atoms with E-state index in [9.17, 15) is 9.59 Å². The van der Waals surface area contributed by atoms with E-state index in [4.69, 9.17) is 9.52 Å². The summed E-state index contributed by atoms with van der Waals surface area (Å²) in [5, 5.41) is 7.91. The van der Waals surface area contributed by atoms with Crippen molar-refractivity contribution < 1.29 is 14.0 Å². The minimum atomic E-state index is -0.279. The predicted molar refractivity (Wildman–Crippen MR) is 162 cm³/mol. The highest BCUT2D eigenvalue weighted by atomic mass is 32.2. The van der Waals surface area contributed by atoms with Crippen molar-refractivity contribution in [1.82, 2.24) is 15.1 Å². The van der Waals surface area contributed by atoms with Gasteiger partial charge in [-0.1, -0.05) is 78.4 Å². The van der Waals surface area contributed by atoms with E-state index in [1.165, 1.54) is 0 Å². The highest BCUT2D eigenvalue weighted by Gasteiger charge is 2.38. The van der Waals surface area contributed by atoms with Gasteiger partial charge in [-0.3, -0.25) is 14.5 Å². The zero-order valence-corrected chi connectivity index (χ0v) is 23.7. The lowest BCUT2D eigenvalue weighted by Gasteiger charge is -2.23. The first-order chi connectivity index (χ1) is 20.0. The number of rotatable bonds is 7. The van der Waals surface area contributed by atoms with Crippen LogP contribution in [0, 0.1) is 13.8 Å². The van der Waals surface area contributed by atoms with Gasteiger partial charge in [0.1, 0.15) is 18.1 Å². The van der Waals surface area contributed by atoms with Gasteiger partial charge in [-0.2, -0.15) is 5.10 Å². The van der Waals surface area contributed by atoms with Gasteiger partial charge in [0.25, 0.3) is 0 Å². The first kappa shape index (κ1) is 26.7. The van der Waals surface area contributed by atoms with Crippen molar-refractivity contribution in [1.29, 1.82) is 0 Å². The second-order valence-corrected chi connectivity index (χ2v) is 11.2. The lowest BCUT2D eigenvalue weighted by Crippen LogP contribution is -2.42. The molecule has 0 aliphatic carbocycles. The Labute approximate surface area is 243 Å². The van der Waals surface area contributed by atoms with Crippen LogP contribution in [-0.4, -0.2) is 33.9 Å². The lowest BCUT2D eigenvalue weighted by molar-refractivity contribution is -0.123. The molecule has 5 aromatic rings. The standard InChI is InChI=1S/C33H30N4O3S/c1-22-10-8-14-25(18-22)32-30-31(24-12-4-3-5-13-24)35-37(27-16-7-6-11-23(27)2)33(30)36(29(39)21-41-32)20-28(38)34-19-26-15-9-17-40-26/h3-18,32H,19-21H2,1-2H3,(H,34,38)/t32-/m1/s1. The number of aryl methyl sites for hydroxylation is 2. The fourth-order valence-electron chi connectivity index (χ4n) is 5.19. The lowest BCUT2D eigenvalue weighted by atomic mass is 9.98. The Balaban J connectivity index is 1.55. The molecule has 0 spiro atoms. The van der Waals surface area contributed by atoms with Crippen molar-refractivity contribution >= 4 is 29.4 Å². The molecule has 0 radical (unpaired) electrons. The van der Waals surface area contributed by atoms with E-state index in [1.807, 2.05) is 72.3 Å². The van der Waals surface area contributed by atoms with Crippen molar-refractivity contribution in [2.75, 3.05) is 17.2 Å². The third-order valence-electron chi connectivity index (χ3n) is 7.17. The average Bonchev–Trinajstić information content (AvgIpc) is 3.61. The molecule has 0 saturated heterocycles. The number of nitrogens with zero attached hydrogens (tertiary/aromatic N) is 3. The Bertz CT molecular complexity index is 1690. The number of para-hydroxylation sites is 1. The van der Waals surface area contributed by atoms with Crippen LogP contribution in [0.5, 0.6) is 0 Å². The number of aromatic nitrogens is 2. The number of fused-ring (bicyclic) bond motifs is 1. The van der Waals surface area contributed by atoms with Gasteiger partial charge >= 0.3 is 0 Å². The van der Waals surface area contributed by atoms with Gasteiger partial charge in [0.15, 0.2) is 0 Å². The summed E-state index contributed by atoms with van der Waals surface area (Å²) >= 11 is 1.57. The van der Waals surface area contributed by atoms with Gasteiger partial charge in [-0.05, 0) is 43.2 Å². The predicted octanol–water partition coefficient (Wildman–Crippen LogP) is 6.23. The van der Waals surface area contributed by atoms with Crippen LogP contribution in [0.25, 0.3) is 16.9 Å². The maximum atomic E-state index is 13.9. The van der Waals surface area contributed by atoms with Crippen molar-refractivity contribution in [3.63, 3.8) is 0 Å². The summed E-state index contributed by atoms with van der Waals surface area (Å²) in [6.07, 6.45) is 1.57. The van der Waals surface area contributed by atoms with Crippen molar-refractivity contribution in [3.05, 3.63) is 125 Å². The Morgan fingerprint density at radius 3 is 2.56 bits per heavy atom. The molecule has 1 atom stereocenters. The van der Waals surface area contributed by atoms with Gasteiger partial charge in [0.2, 0.25) is 11.8 Å². The van der Waals surface area contributed by atoms with E-state index in [2.05, 4.69) is 30.4 Å². The topological polar surface area (TPSA) is 80.4 Å². The summed E-state index contributed by atoms with van der Waals surface area (Å²) in [7, 11) is 0. The molecule has 6 rings (SSSR count). The number of nitrogens with one attached hydrogen (secondary N) is 1. The van der Waals surface area contributed by atoms with E-state index in [0.717, 1.165) is 39.2 Å². The van der Waals surface area contributed by atoms with Crippen LogP contribution < -0.4 is 10.2 Å². The molecule has 1 aliphatic rings. The second-order valence-electron chi connectivity index (χ2n) is 10.1. The molecule has 1 N–H and O–H groups in total. The molecular weight excluding hydrogens is 532 g/mol. The number of anilines is 1. The summed E-state index contributed by atoms with van der Waals surface area (Å²) in [6, 6.07) is 30.0. The Morgan fingerprint density at radius 2 is 1.80 bits per heavy atom. The molecule has 0 saturated carbocycles. The maximum Gasteiger partial charge on any atom is 0.240 e. The zero-order valence-electron chi connectivity index (χ0n) is 22.9. The quantitative estimate of drug-likeness (QED) is 0.254. The molecule has 0 fully saturated rings. The fourth-order valence-corrected chi connectivity index (χ4v) is 6.38. The molecule has 0 bridgehead atoms. The fraction of sp³-hybridized carbons (Fsp3) is 0.182. The third-order valence-corrected chi connectivity index (χ3v) is 8.42. The molecule has 41 heavy (non-hydrogen) atoms. The van der Waals surface area contributed by atoms with Crippen LogP contribution in [0.1, 0.15) is 33.3 Å². The first-order valence-electron chi connectivity index (χ1n) is 13.5. The van der Waals surface area contributed by atoms with Crippen LogP contribution >= 0.6 is 11.8 Å². The second kappa shape index (κ2) is 11.5. The number of hydrogen-bond acceptors (Lipinski definition) is 5. The number of amides is 2. The van der Waals surface area contributed by atoms with Crippen molar-refractivity contribution in [3.8, 4) is 16.9 Å². The third kappa shape index (κ3) is 5.43. The largest absolute Gasteiger partial charge is 0.467 e. The summed E-state index contributed by atoms with van der Waals surface area (Å²) in [5.74, 6) is 1.06. The van der Waals surface area contributed by atoms with Crippen molar-refractivity contribution in [2.24, 2.45) is 0 Å². The Morgan fingerprint density at radius 1 is 1.00 bits per heavy atom.